The second-order valence-corrected chi connectivity index (χ2v) is 5.12. The zero-order valence-corrected chi connectivity index (χ0v) is 12.0. The number of halogens is 4. The number of nitrogens with one attached hydrogen (secondary N) is 1. The molecule has 0 unspecified atom stereocenters. The molecule has 0 atom stereocenters. The van der Waals surface area contributed by atoms with Crippen molar-refractivity contribution in [3.8, 4) is 0 Å². The molecule has 102 valence electrons. The summed E-state index contributed by atoms with van der Waals surface area (Å²) in [5.41, 5.74) is 0.647. The number of aromatic nitrogens is 1. The van der Waals surface area contributed by atoms with Gasteiger partial charge in [0.2, 0.25) is 0 Å². The summed E-state index contributed by atoms with van der Waals surface area (Å²) in [6.45, 7) is 4.13. The number of pyridine rings is 1. The lowest BCUT2D eigenvalue weighted by atomic mass is 10.1. The van der Waals surface area contributed by atoms with Crippen molar-refractivity contribution >= 4 is 32.5 Å². The first-order valence-electron chi connectivity index (χ1n) is 5.75. The number of hydrogen-bond acceptors (Lipinski definition) is 2. The lowest BCUT2D eigenvalue weighted by molar-refractivity contribution is -0.140. The van der Waals surface area contributed by atoms with Gasteiger partial charge >= 0.3 is 6.18 Å². The minimum absolute atomic E-state index is 0.369. The van der Waals surface area contributed by atoms with Crippen molar-refractivity contribution in [2.75, 3.05) is 11.9 Å². The molecule has 1 heterocycles. The molecule has 0 aliphatic rings. The third kappa shape index (κ3) is 2.83. The average molecular weight is 333 g/mol. The Labute approximate surface area is 117 Å². The van der Waals surface area contributed by atoms with Crippen LogP contribution in [-0.2, 0) is 6.18 Å². The molecule has 0 spiro atoms. The molecule has 0 amide bonds. The summed E-state index contributed by atoms with van der Waals surface area (Å²) in [6, 6.07) is 4.58. The van der Waals surface area contributed by atoms with Crippen LogP contribution in [0, 0.1) is 6.92 Å². The van der Waals surface area contributed by atoms with E-state index in [1.807, 2.05) is 6.92 Å². The van der Waals surface area contributed by atoms with Crippen molar-refractivity contribution < 1.29 is 13.2 Å². The van der Waals surface area contributed by atoms with E-state index in [0.29, 0.717) is 28.7 Å². The summed E-state index contributed by atoms with van der Waals surface area (Å²) < 4.78 is 39.4. The molecule has 0 bridgehead atoms. The minimum atomic E-state index is -4.45. The Morgan fingerprint density at radius 3 is 2.53 bits per heavy atom. The lowest BCUT2D eigenvalue weighted by Crippen LogP contribution is -2.10. The molecule has 19 heavy (non-hydrogen) atoms. The quantitative estimate of drug-likeness (QED) is 0.857. The molecule has 0 aliphatic heterocycles. The molecule has 1 aromatic carbocycles. The van der Waals surface area contributed by atoms with Gasteiger partial charge in [0, 0.05) is 22.1 Å². The first-order valence-corrected chi connectivity index (χ1v) is 6.54. The van der Waals surface area contributed by atoms with Gasteiger partial charge in [-0.15, -0.1) is 0 Å². The fourth-order valence-electron chi connectivity index (χ4n) is 1.94. The van der Waals surface area contributed by atoms with Gasteiger partial charge in [-0.25, -0.2) is 4.98 Å². The zero-order chi connectivity index (χ0) is 14.2. The maximum atomic E-state index is 12.8. The number of aryl methyl sites for hydroxylation is 1. The predicted octanol–water partition coefficient (Wildman–Crippen LogP) is 4.76. The van der Waals surface area contributed by atoms with Crippen LogP contribution in [0.25, 0.3) is 10.9 Å². The van der Waals surface area contributed by atoms with Crippen LogP contribution < -0.4 is 5.32 Å². The molecule has 2 rings (SSSR count). The predicted molar refractivity (Wildman–Crippen MR) is 73.3 cm³/mol. The van der Waals surface area contributed by atoms with Crippen molar-refractivity contribution in [1.82, 2.24) is 4.98 Å². The fraction of sp³-hybridized carbons (Fsp3) is 0.308. The van der Waals surface area contributed by atoms with Crippen LogP contribution in [0.15, 0.2) is 22.7 Å². The topological polar surface area (TPSA) is 24.9 Å². The standard InChI is InChI=1S/C13H12BrF3N2/c1-3-18-10-6-11(13(15,16)17)19-12-7(2)4-8(14)5-9(10)12/h4-6H,3H2,1-2H3,(H,18,19). The number of hydrogen-bond donors (Lipinski definition) is 1. The molecular weight excluding hydrogens is 321 g/mol. The average Bonchev–Trinajstić information content (AvgIpc) is 2.28. The fourth-order valence-corrected chi connectivity index (χ4v) is 2.51. The van der Waals surface area contributed by atoms with Crippen LogP contribution in [-0.4, -0.2) is 11.5 Å². The first-order chi connectivity index (χ1) is 8.82. The lowest BCUT2D eigenvalue weighted by Gasteiger charge is -2.14. The summed E-state index contributed by atoms with van der Waals surface area (Å²) in [5, 5.41) is 3.64. The molecule has 0 saturated carbocycles. The van der Waals surface area contributed by atoms with Crippen LogP contribution in [0.5, 0.6) is 0 Å². The highest BCUT2D eigenvalue weighted by atomic mass is 79.9. The molecule has 0 fully saturated rings. The van der Waals surface area contributed by atoms with Gasteiger partial charge in [0.05, 0.1) is 5.52 Å². The van der Waals surface area contributed by atoms with Gasteiger partial charge in [0.15, 0.2) is 0 Å². The largest absolute Gasteiger partial charge is 0.433 e. The van der Waals surface area contributed by atoms with E-state index >= 15 is 0 Å². The smallest absolute Gasteiger partial charge is 0.385 e. The van der Waals surface area contributed by atoms with E-state index in [0.717, 1.165) is 10.5 Å². The van der Waals surface area contributed by atoms with Gasteiger partial charge in [-0.3, -0.25) is 0 Å². The summed E-state index contributed by atoms with van der Waals surface area (Å²) >= 11 is 3.35. The minimum Gasteiger partial charge on any atom is -0.385 e. The Balaban J connectivity index is 2.79. The van der Waals surface area contributed by atoms with Crippen LogP contribution in [0.4, 0.5) is 18.9 Å². The summed E-state index contributed by atoms with van der Waals surface area (Å²) in [4.78, 5) is 3.74. The number of anilines is 1. The Morgan fingerprint density at radius 1 is 1.26 bits per heavy atom. The van der Waals surface area contributed by atoms with Gasteiger partial charge in [0.25, 0.3) is 0 Å². The number of benzene rings is 1. The molecular formula is C13H12BrF3N2. The van der Waals surface area contributed by atoms with Gasteiger partial charge in [-0.05, 0) is 37.6 Å². The molecule has 1 aromatic heterocycles. The monoisotopic (exact) mass is 332 g/mol. The van der Waals surface area contributed by atoms with Crippen LogP contribution >= 0.6 is 15.9 Å². The van der Waals surface area contributed by atoms with Crippen molar-refractivity contribution in [3.63, 3.8) is 0 Å². The van der Waals surface area contributed by atoms with Crippen LogP contribution in [0.1, 0.15) is 18.2 Å². The van der Waals surface area contributed by atoms with E-state index in [1.165, 1.54) is 0 Å². The molecule has 0 radical (unpaired) electrons. The van der Waals surface area contributed by atoms with Gasteiger partial charge in [-0.1, -0.05) is 15.9 Å². The maximum absolute atomic E-state index is 12.8. The maximum Gasteiger partial charge on any atom is 0.433 e. The highest BCUT2D eigenvalue weighted by Gasteiger charge is 2.33. The van der Waals surface area contributed by atoms with Gasteiger partial charge < -0.3 is 5.32 Å². The number of fused-ring (bicyclic) bond motifs is 1. The van der Waals surface area contributed by atoms with Crippen molar-refractivity contribution in [2.24, 2.45) is 0 Å². The Morgan fingerprint density at radius 2 is 1.95 bits per heavy atom. The third-order valence-corrected chi connectivity index (χ3v) is 3.18. The zero-order valence-electron chi connectivity index (χ0n) is 10.4. The molecule has 1 N–H and O–H groups in total. The van der Waals surface area contributed by atoms with Gasteiger partial charge in [-0.2, -0.15) is 13.2 Å². The highest BCUT2D eigenvalue weighted by Crippen LogP contribution is 2.35. The third-order valence-electron chi connectivity index (χ3n) is 2.73. The van der Waals surface area contributed by atoms with Crippen molar-refractivity contribution in [2.45, 2.75) is 20.0 Å². The van der Waals surface area contributed by atoms with E-state index in [1.54, 1.807) is 19.1 Å². The Kier molecular flexibility index (Phi) is 3.71. The molecule has 0 saturated heterocycles. The van der Waals surface area contributed by atoms with E-state index in [2.05, 4.69) is 26.2 Å². The number of nitrogens with zero attached hydrogens (tertiary/aromatic N) is 1. The summed E-state index contributed by atoms with van der Waals surface area (Å²) in [7, 11) is 0. The van der Waals surface area contributed by atoms with Crippen LogP contribution in [0.2, 0.25) is 0 Å². The molecule has 0 aliphatic carbocycles. The van der Waals surface area contributed by atoms with E-state index in [-0.39, 0.29) is 0 Å². The van der Waals surface area contributed by atoms with Gasteiger partial charge in [0.1, 0.15) is 5.69 Å². The van der Waals surface area contributed by atoms with Crippen molar-refractivity contribution in [3.05, 3.63) is 33.9 Å². The Bertz CT molecular complexity index is 623. The highest BCUT2D eigenvalue weighted by molar-refractivity contribution is 9.10. The summed E-state index contributed by atoms with van der Waals surface area (Å²) in [5.74, 6) is 0. The molecule has 6 heteroatoms. The molecule has 2 aromatic rings. The van der Waals surface area contributed by atoms with E-state index in [9.17, 15) is 13.2 Å². The van der Waals surface area contributed by atoms with Crippen molar-refractivity contribution in [1.29, 1.82) is 0 Å². The van der Waals surface area contributed by atoms with E-state index < -0.39 is 11.9 Å². The summed E-state index contributed by atoms with van der Waals surface area (Å²) in [6.07, 6.45) is -4.45. The first kappa shape index (κ1) is 14.1. The molecule has 2 nitrogen and oxygen atoms in total. The second-order valence-electron chi connectivity index (χ2n) is 4.20. The van der Waals surface area contributed by atoms with Crippen LogP contribution in [0.3, 0.4) is 0 Å². The SMILES string of the molecule is CCNc1cc(C(F)(F)F)nc2c(C)cc(Br)cc12. The number of rotatable bonds is 2. The second kappa shape index (κ2) is 5.00. The Hall–Kier alpha value is -1.30. The number of alkyl halides is 3. The normalized spacial score (nSPS) is 11.9. The van der Waals surface area contributed by atoms with E-state index in [4.69, 9.17) is 0 Å².